The first-order chi connectivity index (χ1) is 4.65. The third kappa shape index (κ3) is 4.52. The lowest BCUT2D eigenvalue weighted by atomic mass is 11.3. The Morgan fingerprint density at radius 2 is 1.55 bits per heavy atom. The molecule has 0 rings (SSSR count). The van der Waals surface area contributed by atoms with E-state index >= 15 is 0 Å². The van der Waals surface area contributed by atoms with Crippen LogP contribution in [-0.2, 0) is 10.2 Å². The number of rotatable bonds is 3. The summed E-state index contributed by atoms with van der Waals surface area (Å²) in [5.74, 6) is 0. The van der Waals surface area contributed by atoms with Gasteiger partial charge in [-0.2, -0.15) is 12.7 Å². The lowest BCUT2D eigenvalue weighted by Crippen LogP contribution is -2.49. The summed E-state index contributed by atoms with van der Waals surface area (Å²) in [6.07, 6.45) is 0. The minimum Gasteiger partial charge on any atom is -0.225 e. The predicted octanol–water partition coefficient (Wildman–Crippen LogP) is 0.217. The largest absolute Gasteiger partial charge is 0.272 e. The molecule has 0 saturated carbocycles. The third-order valence-corrected chi connectivity index (χ3v) is 5.36. The molecule has 0 amide bonds. The van der Waals surface area contributed by atoms with E-state index in [1.165, 1.54) is 18.4 Å². The topological polar surface area (TPSA) is 49.4 Å². The molecule has 0 aliphatic heterocycles. The summed E-state index contributed by atoms with van der Waals surface area (Å²) in [5.41, 5.74) is 0. The summed E-state index contributed by atoms with van der Waals surface area (Å²) >= 11 is 0. The molecule has 6 heteroatoms. The van der Waals surface area contributed by atoms with Crippen molar-refractivity contribution in [3.05, 3.63) is 0 Å². The minimum absolute atomic E-state index is 1.19. The maximum Gasteiger partial charge on any atom is 0.272 e. The zero-order chi connectivity index (χ0) is 9.28. The molecule has 68 valence electrons. The molecule has 0 bridgehead atoms. The standard InChI is InChI=1S/C5H16N2O2SSi/c1-7(2)10(8,9)6-11(3,4)5/h6H,1-5H3. The Hall–Kier alpha value is 0.0869. The van der Waals surface area contributed by atoms with Crippen molar-refractivity contribution in [1.82, 2.24) is 8.69 Å². The molecule has 0 spiro atoms. The molecule has 0 aliphatic carbocycles. The highest BCUT2D eigenvalue weighted by atomic mass is 32.2. The molecule has 0 atom stereocenters. The van der Waals surface area contributed by atoms with Gasteiger partial charge in [-0.25, -0.2) is 4.39 Å². The van der Waals surface area contributed by atoms with E-state index in [0.717, 1.165) is 0 Å². The third-order valence-electron chi connectivity index (χ3n) is 0.916. The first-order valence-corrected chi connectivity index (χ1v) is 8.30. The average molecular weight is 196 g/mol. The summed E-state index contributed by atoms with van der Waals surface area (Å²) < 4.78 is 26.2. The summed E-state index contributed by atoms with van der Waals surface area (Å²) in [7, 11) is -1.91. The Kier molecular flexibility index (Phi) is 3.24. The van der Waals surface area contributed by atoms with E-state index in [0.29, 0.717) is 0 Å². The molecule has 11 heavy (non-hydrogen) atoms. The monoisotopic (exact) mass is 196 g/mol. The van der Waals surface area contributed by atoms with Crippen LogP contribution < -0.4 is 4.39 Å². The van der Waals surface area contributed by atoms with Gasteiger partial charge in [0.1, 0.15) is 8.24 Å². The van der Waals surface area contributed by atoms with Gasteiger partial charge in [0.15, 0.2) is 0 Å². The van der Waals surface area contributed by atoms with Crippen LogP contribution in [0.3, 0.4) is 0 Å². The number of nitrogens with one attached hydrogen (secondary N) is 1. The van der Waals surface area contributed by atoms with Crippen molar-refractivity contribution in [2.45, 2.75) is 19.6 Å². The first-order valence-electron chi connectivity index (χ1n) is 3.36. The Balaban J connectivity index is 4.40. The first kappa shape index (κ1) is 11.1. The minimum atomic E-state index is -3.21. The molecular formula is C5H16N2O2SSi. The van der Waals surface area contributed by atoms with Gasteiger partial charge in [-0.15, -0.1) is 0 Å². The van der Waals surface area contributed by atoms with Crippen molar-refractivity contribution in [2.75, 3.05) is 14.1 Å². The van der Waals surface area contributed by atoms with Crippen LogP contribution in [0.2, 0.25) is 19.6 Å². The van der Waals surface area contributed by atoms with Crippen LogP contribution in [0.25, 0.3) is 0 Å². The van der Waals surface area contributed by atoms with Crippen LogP contribution in [0.4, 0.5) is 0 Å². The molecule has 0 aromatic rings. The molecule has 1 N–H and O–H groups in total. The van der Waals surface area contributed by atoms with Crippen molar-refractivity contribution >= 4 is 18.4 Å². The van der Waals surface area contributed by atoms with Gasteiger partial charge < -0.3 is 0 Å². The predicted molar refractivity (Wildman–Crippen MR) is 49.1 cm³/mol. The molecule has 0 fully saturated rings. The fourth-order valence-electron chi connectivity index (χ4n) is 0.478. The molecular weight excluding hydrogens is 180 g/mol. The van der Waals surface area contributed by atoms with Gasteiger partial charge in [-0.05, 0) is 0 Å². The summed E-state index contributed by atoms with van der Waals surface area (Å²) in [6, 6.07) is 0. The van der Waals surface area contributed by atoms with Crippen molar-refractivity contribution < 1.29 is 8.42 Å². The number of hydrogen-bond acceptors (Lipinski definition) is 2. The second-order valence-electron chi connectivity index (χ2n) is 3.64. The maximum atomic E-state index is 11.2. The zero-order valence-electron chi connectivity index (χ0n) is 7.67. The highest BCUT2D eigenvalue weighted by Gasteiger charge is 2.23. The Morgan fingerprint density at radius 3 is 1.64 bits per heavy atom. The average Bonchev–Trinajstić information content (AvgIpc) is 1.56. The van der Waals surface area contributed by atoms with Gasteiger partial charge in [0.25, 0.3) is 10.2 Å². The van der Waals surface area contributed by atoms with Crippen molar-refractivity contribution in [2.24, 2.45) is 0 Å². The van der Waals surface area contributed by atoms with Crippen molar-refractivity contribution in [3.63, 3.8) is 0 Å². The lowest BCUT2D eigenvalue weighted by molar-refractivity contribution is 0.516. The highest BCUT2D eigenvalue weighted by Crippen LogP contribution is 1.99. The van der Waals surface area contributed by atoms with E-state index in [2.05, 4.69) is 4.39 Å². The maximum absolute atomic E-state index is 11.2. The normalized spacial score (nSPS) is 14.0. The van der Waals surface area contributed by atoms with Crippen LogP contribution >= 0.6 is 0 Å². The molecule has 0 radical (unpaired) electrons. The fourth-order valence-corrected chi connectivity index (χ4v) is 4.30. The lowest BCUT2D eigenvalue weighted by Gasteiger charge is -2.21. The van der Waals surface area contributed by atoms with E-state index in [4.69, 9.17) is 0 Å². The summed E-state index contributed by atoms with van der Waals surface area (Å²) in [5, 5.41) is 0. The van der Waals surface area contributed by atoms with Crippen molar-refractivity contribution in [3.8, 4) is 0 Å². The van der Waals surface area contributed by atoms with Gasteiger partial charge >= 0.3 is 0 Å². The van der Waals surface area contributed by atoms with Gasteiger partial charge in [-0.1, -0.05) is 19.6 Å². The molecule has 0 saturated heterocycles. The second kappa shape index (κ2) is 3.22. The van der Waals surface area contributed by atoms with Crippen LogP contribution in [0, 0.1) is 0 Å². The van der Waals surface area contributed by atoms with Crippen LogP contribution in [0.5, 0.6) is 0 Å². The Bertz CT molecular complexity index is 217. The number of nitrogens with zero attached hydrogens (tertiary/aromatic N) is 1. The van der Waals surface area contributed by atoms with Gasteiger partial charge in [-0.3, -0.25) is 0 Å². The van der Waals surface area contributed by atoms with E-state index < -0.39 is 18.4 Å². The van der Waals surface area contributed by atoms with Crippen LogP contribution in [0.15, 0.2) is 0 Å². The smallest absolute Gasteiger partial charge is 0.225 e. The van der Waals surface area contributed by atoms with E-state index in [-0.39, 0.29) is 0 Å². The van der Waals surface area contributed by atoms with E-state index in [1.54, 1.807) is 0 Å². The Labute approximate surface area is 69.9 Å². The molecule has 0 heterocycles. The number of hydrogen-bond donors (Lipinski definition) is 1. The van der Waals surface area contributed by atoms with Gasteiger partial charge in [0.05, 0.1) is 0 Å². The molecule has 4 nitrogen and oxygen atoms in total. The van der Waals surface area contributed by atoms with E-state index in [1.807, 2.05) is 19.6 Å². The second-order valence-corrected chi connectivity index (χ2v) is 10.6. The zero-order valence-corrected chi connectivity index (χ0v) is 9.49. The fraction of sp³-hybridized carbons (Fsp3) is 1.00. The molecule has 0 aliphatic rings. The van der Waals surface area contributed by atoms with Crippen molar-refractivity contribution in [1.29, 1.82) is 0 Å². The Morgan fingerprint density at radius 1 is 1.18 bits per heavy atom. The van der Waals surface area contributed by atoms with Crippen LogP contribution in [-0.4, -0.2) is 35.1 Å². The van der Waals surface area contributed by atoms with Gasteiger partial charge in [0.2, 0.25) is 0 Å². The van der Waals surface area contributed by atoms with Gasteiger partial charge in [0, 0.05) is 14.1 Å². The van der Waals surface area contributed by atoms with Crippen LogP contribution in [0.1, 0.15) is 0 Å². The molecule has 0 aromatic carbocycles. The quantitative estimate of drug-likeness (QED) is 0.656. The SMILES string of the molecule is CN(C)S(=O)(=O)N[Si](C)(C)C. The molecule has 0 unspecified atom stereocenters. The summed E-state index contributed by atoms with van der Waals surface area (Å²) in [4.78, 5) is 0. The van der Waals surface area contributed by atoms with E-state index in [9.17, 15) is 8.42 Å². The summed E-state index contributed by atoms with van der Waals surface area (Å²) in [6.45, 7) is 5.82. The molecule has 0 aromatic heterocycles. The highest BCUT2D eigenvalue weighted by molar-refractivity contribution is 7.88.